The number of pyridine rings is 3. The Balaban J connectivity index is 1.08. The van der Waals surface area contributed by atoms with Gasteiger partial charge >= 0.3 is 0 Å². The van der Waals surface area contributed by atoms with Crippen molar-refractivity contribution in [3.8, 4) is 34.3 Å². The zero-order valence-corrected chi connectivity index (χ0v) is 25.0. The Labute approximate surface area is 266 Å². The number of fused-ring (bicyclic) bond motifs is 1. The molecule has 6 aromatic rings. The van der Waals surface area contributed by atoms with Gasteiger partial charge in [-0.2, -0.15) is 5.26 Å². The molecule has 7 rings (SSSR count). The second-order valence-electron chi connectivity index (χ2n) is 11.4. The monoisotopic (exact) mass is 605 g/mol. The van der Waals surface area contributed by atoms with Crippen molar-refractivity contribution < 1.29 is 4.79 Å². The van der Waals surface area contributed by atoms with Crippen LogP contribution in [-0.4, -0.2) is 54.4 Å². The van der Waals surface area contributed by atoms with Crippen molar-refractivity contribution in [2.24, 2.45) is 0 Å². The number of imidazole rings is 1. The second-order valence-corrected chi connectivity index (χ2v) is 11.4. The van der Waals surface area contributed by atoms with Gasteiger partial charge in [-0.05, 0) is 66.4 Å². The van der Waals surface area contributed by atoms with E-state index in [4.69, 9.17) is 21.0 Å². The zero-order valence-electron chi connectivity index (χ0n) is 25.0. The Morgan fingerprint density at radius 1 is 0.913 bits per heavy atom. The first-order valence-corrected chi connectivity index (χ1v) is 15.2. The number of carbonyl (C=O) groups is 1. The standard InChI is InChI=1S/C36H31N9O/c37-21-29-19-26(12-16-39-29)36(46)42-28-13-17-44(18-14-28)23-24-8-10-30(11-9-24)45-34(31-7-4-15-40-33(31)38)43-32-20-27(22-41-35(32)45)25-5-2-1-3-6-25/h1-12,15-16,19-20,22,28H,13-14,17-18,23H2,(H2,38,40)(H,42,46). The molecule has 226 valence electrons. The van der Waals surface area contributed by atoms with E-state index in [1.165, 1.54) is 17.8 Å². The van der Waals surface area contributed by atoms with Gasteiger partial charge in [-0.3, -0.25) is 14.3 Å². The highest BCUT2D eigenvalue weighted by atomic mass is 16.1. The summed E-state index contributed by atoms with van der Waals surface area (Å²) in [7, 11) is 0. The third kappa shape index (κ3) is 5.92. The lowest BCUT2D eigenvalue weighted by Gasteiger charge is -2.32. The van der Waals surface area contributed by atoms with Crippen molar-refractivity contribution in [3.05, 3.63) is 120 Å². The number of hydrogen-bond donors (Lipinski definition) is 2. The van der Waals surface area contributed by atoms with Crippen LogP contribution in [0.5, 0.6) is 0 Å². The minimum atomic E-state index is -0.168. The molecular weight excluding hydrogens is 574 g/mol. The quantitative estimate of drug-likeness (QED) is 0.247. The van der Waals surface area contributed by atoms with Gasteiger partial charge in [0, 0.05) is 61.1 Å². The molecule has 0 radical (unpaired) electrons. The maximum Gasteiger partial charge on any atom is 0.251 e. The van der Waals surface area contributed by atoms with E-state index in [1.54, 1.807) is 12.3 Å². The molecule has 1 saturated heterocycles. The van der Waals surface area contributed by atoms with Crippen LogP contribution >= 0.6 is 0 Å². The summed E-state index contributed by atoms with van der Waals surface area (Å²) in [4.78, 5) is 33.2. The Morgan fingerprint density at radius 3 is 2.48 bits per heavy atom. The van der Waals surface area contributed by atoms with Crippen LogP contribution in [-0.2, 0) is 6.54 Å². The van der Waals surface area contributed by atoms with Gasteiger partial charge in [0.25, 0.3) is 5.91 Å². The van der Waals surface area contributed by atoms with Gasteiger partial charge in [-0.25, -0.2) is 19.9 Å². The van der Waals surface area contributed by atoms with Crippen molar-refractivity contribution in [2.45, 2.75) is 25.4 Å². The molecule has 0 atom stereocenters. The van der Waals surface area contributed by atoms with Crippen LogP contribution in [0.15, 0.2) is 104 Å². The minimum absolute atomic E-state index is 0.0904. The Hall–Kier alpha value is -5.92. The highest BCUT2D eigenvalue weighted by molar-refractivity contribution is 5.94. The first-order valence-electron chi connectivity index (χ1n) is 15.2. The van der Waals surface area contributed by atoms with E-state index in [0.29, 0.717) is 17.2 Å². The number of nitrogens with zero attached hydrogens (tertiary/aromatic N) is 7. The summed E-state index contributed by atoms with van der Waals surface area (Å²) in [5.41, 5.74) is 13.5. The fraction of sp³-hybridized carbons (Fsp3) is 0.167. The third-order valence-corrected chi connectivity index (χ3v) is 8.34. The van der Waals surface area contributed by atoms with Crippen LogP contribution in [0.3, 0.4) is 0 Å². The largest absolute Gasteiger partial charge is 0.383 e. The molecule has 0 aliphatic carbocycles. The number of hydrogen-bond acceptors (Lipinski definition) is 8. The fourth-order valence-corrected chi connectivity index (χ4v) is 5.93. The van der Waals surface area contributed by atoms with Gasteiger partial charge in [0.15, 0.2) is 11.5 Å². The highest BCUT2D eigenvalue weighted by Crippen LogP contribution is 2.32. The number of rotatable bonds is 7. The van der Waals surface area contributed by atoms with Crippen molar-refractivity contribution in [1.82, 2.24) is 34.7 Å². The van der Waals surface area contributed by atoms with Crippen molar-refractivity contribution in [3.63, 3.8) is 0 Å². The third-order valence-electron chi connectivity index (χ3n) is 8.34. The molecule has 4 aromatic heterocycles. The summed E-state index contributed by atoms with van der Waals surface area (Å²) >= 11 is 0. The van der Waals surface area contributed by atoms with E-state index in [1.807, 2.05) is 47.2 Å². The number of nitrogens with one attached hydrogen (secondary N) is 1. The summed E-state index contributed by atoms with van der Waals surface area (Å²) < 4.78 is 2.04. The summed E-state index contributed by atoms with van der Waals surface area (Å²) in [6.45, 7) is 2.55. The first kappa shape index (κ1) is 28.8. The summed E-state index contributed by atoms with van der Waals surface area (Å²) in [6.07, 6.45) is 6.76. The molecule has 0 bridgehead atoms. The molecule has 5 heterocycles. The van der Waals surface area contributed by atoms with E-state index >= 15 is 0 Å². The van der Waals surface area contributed by atoms with E-state index in [-0.39, 0.29) is 17.6 Å². The van der Waals surface area contributed by atoms with Crippen LogP contribution in [0.2, 0.25) is 0 Å². The lowest BCUT2D eigenvalue weighted by Crippen LogP contribution is -2.44. The number of aromatic nitrogens is 5. The fourth-order valence-electron chi connectivity index (χ4n) is 5.93. The molecule has 10 heteroatoms. The summed E-state index contributed by atoms with van der Waals surface area (Å²) in [5, 5.41) is 12.2. The number of nitrogen functional groups attached to an aromatic ring is 1. The molecule has 1 amide bonds. The van der Waals surface area contributed by atoms with Gasteiger partial charge in [-0.1, -0.05) is 42.5 Å². The Bertz CT molecular complexity index is 2060. The molecule has 46 heavy (non-hydrogen) atoms. The lowest BCUT2D eigenvalue weighted by molar-refractivity contribution is 0.0908. The van der Waals surface area contributed by atoms with E-state index in [2.05, 4.69) is 62.6 Å². The molecule has 3 N–H and O–H groups in total. The van der Waals surface area contributed by atoms with Crippen LogP contribution in [0, 0.1) is 11.3 Å². The van der Waals surface area contributed by atoms with Crippen LogP contribution in [0.25, 0.3) is 39.4 Å². The molecule has 0 unspecified atom stereocenters. The van der Waals surface area contributed by atoms with Gasteiger partial charge in [0.1, 0.15) is 23.1 Å². The van der Waals surface area contributed by atoms with Crippen LogP contribution in [0.1, 0.15) is 34.5 Å². The maximum atomic E-state index is 12.7. The van der Waals surface area contributed by atoms with E-state index in [0.717, 1.165) is 66.0 Å². The Morgan fingerprint density at radius 2 is 1.72 bits per heavy atom. The molecule has 10 nitrogen and oxygen atoms in total. The number of benzene rings is 2. The van der Waals surface area contributed by atoms with Gasteiger partial charge < -0.3 is 11.1 Å². The minimum Gasteiger partial charge on any atom is -0.383 e. The van der Waals surface area contributed by atoms with Crippen molar-refractivity contribution in [2.75, 3.05) is 18.8 Å². The van der Waals surface area contributed by atoms with E-state index in [9.17, 15) is 4.79 Å². The molecule has 1 aliphatic heterocycles. The molecule has 1 aliphatic rings. The molecule has 0 spiro atoms. The summed E-state index contributed by atoms with van der Waals surface area (Å²) in [5.74, 6) is 0.926. The average Bonchev–Trinajstić information content (AvgIpc) is 3.48. The normalized spacial score (nSPS) is 13.8. The lowest BCUT2D eigenvalue weighted by atomic mass is 10.0. The van der Waals surface area contributed by atoms with Crippen molar-refractivity contribution >= 4 is 22.9 Å². The molecule has 0 saturated carbocycles. The summed E-state index contributed by atoms with van der Waals surface area (Å²) in [6, 6.07) is 29.7. The molecule has 1 fully saturated rings. The molecular formula is C36H31N9O. The smallest absolute Gasteiger partial charge is 0.251 e. The van der Waals surface area contributed by atoms with Gasteiger partial charge in [0.05, 0.1) is 5.56 Å². The average molecular weight is 606 g/mol. The SMILES string of the molecule is N#Cc1cc(C(=O)NC2CCN(Cc3ccc(-n4c(-c5cccnc5N)nc5cc(-c6ccccc6)cnc54)cc3)CC2)ccn1. The number of carbonyl (C=O) groups excluding carboxylic acids is 1. The maximum absolute atomic E-state index is 12.7. The van der Waals surface area contributed by atoms with Crippen LogP contribution < -0.4 is 11.1 Å². The number of nitriles is 1. The predicted molar refractivity (Wildman–Crippen MR) is 177 cm³/mol. The number of amides is 1. The predicted octanol–water partition coefficient (Wildman–Crippen LogP) is 5.39. The first-order chi connectivity index (χ1) is 22.6. The number of piperidine rings is 1. The van der Waals surface area contributed by atoms with Crippen LogP contribution in [0.4, 0.5) is 5.82 Å². The molecule has 2 aromatic carbocycles. The number of nitrogens with two attached hydrogens (primary N) is 1. The second kappa shape index (κ2) is 12.6. The number of anilines is 1. The number of likely N-dealkylation sites (tertiary alicyclic amines) is 1. The van der Waals surface area contributed by atoms with Gasteiger partial charge in [-0.15, -0.1) is 0 Å². The topological polar surface area (TPSA) is 139 Å². The Kier molecular flexibility index (Phi) is 7.89. The zero-order chi connectivity index (χ0) is 31.5. The van der Waals surface area contributed by atoms with E-state index < -0.39 is 0 Å². The van der Waals surface area contributed by atoms with Gasteiger partial charge in [0.2, 0.25) is 0 Å². The van der Waals surface area contributed by atoms with Crippen molar-refractivity contribution in [1.29, 1.82) is 5.26 Å². The highest BCUT2D eigenvalue weighted by Gasteiger charge is 2.22.